The van der Waals surface area contributed by atoms with Crippen LogP contribution in [-0.2, 0) is 4.74 Å². The highest BCUT2D eigenvalue weighted by Gasteiger charge is 2.39. The average Bonchev–Trinajstić information content (AvgIpc) is 2.56. The van der Waals surface area contributed by atoms with Gasteiger partial charge in [-0.25, -0.2) is 9.18 Å². The molecule has 1 saturated heterocycles. The van der Waals surface area contributed by atoms with Crippen molar-refractivity contribution in [2.45, 2.75) is 51.7 Å². The van der Waals surface area contributed by atoms with Gasteiger partial charge in [0.15, 0.2) is 0 Å². The Morgan fingerprint density at radius 1 is 1.31 bits per heavy atom. The fourth-order valence-electron chi connectivity index (χ4n) is 2.77. The predicted octanol–water partition coefficient (Wildman–Crippen LogP) is 3.16. The summed E-state index contributed by atoms with van der Waals surface area (Å²) in [5.41, 5.74) is -1.46. The summed E-state index contributed by atoms with van der Waals surface area (Å²) < 4.78 is 19.5. The Bertz CT molecular complexity index is 741. The smallest absolute Gasteiger partial charge is 0.410 e. The number of piperidine rings is 1. The monoisotopic (exact) mass is 361 g/mol. The van der Waals surface area contributed by atoms with Gasteiger partial charge >= 0.3 is 6.09 Å². The molecule has 2 amide bonds. The van der Waals surface area contributed by atoms with Crippen LogP contribution in [0.3, 0.4) is 0 Å². The lowest BCUT2D eigenvalue weighted by atomic mass is 9.88. The van der Waals surface area contributed by atoms with Crippen molar-refractivity contribution in [1.29, 1.82) is 5.26 Å². The number of carbonyl (C=O) groups excluding carboxylic acids is 2. The van der Waals surface area contributed by atoms with E-state index >= 15 is 0 Å². The van der Waals surface area contributed by atoms with Gasteiger partial charge in [0.2, 0.25) is 0 Å². The number of benzene rings is 1. The van der Waals surface area contributed by atoms with E-state index in [4.69, 9.17) is 4.74 Å². The first-order valence-corrected chi connectivity index (χ1v) is 8.54. The Morgan fingerprint density at radius 3 is 2.46 bits per heavy atom. The molecular weight excluding hydrogens is 337 g/mol. The second-order valence-electron chi connectivity index (χ2n) is 7.55. The van der Waals surface area contributed by atoms with Gasteiger partial charge in [0.25, 0.3) is 5.91 Å². The number of amides is 2. The van der Waals surface area contributed by atoms with Crippen molar-refractivity contribution in [1.82, 2.24) is 10.2 Å². The van der Waals surface area contributed by atoms with Crippen molar-refractivity contribution >= 4 is 12.0 Å². The van der Waals surface area contributed by atoms with E-state index in [1.54, 1.807) is 39.8 Å². The number of hydrogen-bond donors (Lipinski definition) is 1. The van der Waals surface area contributed by atoms with E-state index in [2.05, 4.69) is 11.4 Å². The zero-order valence-electron chi connectivity index (χ0n) is 15.6. The molecular formula is C19H24FN3O3. The highest BCUT2D eigenvalue weighted by Crippen LogP contribution is 2.24. The molecule has 0 bridgehead atoms. The third-order valence-electron chi connectivity index (χ3n) is 4.27. The molecule has 0 aromatic heterocycles. The number of carbonyl (C=O) groups is 2. The van der Waals surface area contributed by atoms with Crippen molar-refractivity contribution < 1.29 is 18.7 Å². The quantitative estimate of drug-likeness (QED) is 0.877. The van der Waals surface area contributed by atoms with Crippen molar-refractivity contribution in [3.8, 4) is 6.07 Å². The number of ether oxygens (including phenoxy) is 1. The molecule has 6 nitrogen and oxygen atoms in total. The van der Waals surface area contributed by atoms with E-state index in [9.17, 15) is 19.2 Å². The molecule has 0 radical (unpaired) electrons. The number of nitrogens with zero attached hydrogens (tertiary/aromatic N) is 2. The van der Waals surface area contributed by atoms with Gasteiger partial charge in [-0.3, -0.25) is 4.79 Å². The number of aryl methyl sites for hydroxylation is 1. The van der Waals surface area contributed by atoms with Crippen LogP contribution in [0.15, 0.2) is 18.2 Å². The largest absolute Gasteiger partial charge is 0.444 e. The topological polar surface area (TPSA) is 82.4 Å². The Balaban J connectivity index is 2.05. The van der Waals surface area contributed by atoms with Crippen LogP contribution >= 0.6 is 0 Å². The maximum atomic E-state index is 14.1. The van der Waals surface area contributed by atoms with Crippen LogP contribution in [0.4, 0.5) is 9.18 Å². The molecule has 1 aromatic rings. The first-order chi connectivity index (χ1) is 12.1. The second kappa shape index (κ2) is 7.32. The fourth-order valence-corrected chi connectivity index (χ4v) is 2.77. The molecule has 140 valence electrons. The first-order valence-electron chi connectivity index (χ1n) is 8.54. The van der Waals surface area contributed by atoms with Gasteiger partial charge in [-0.15, -0.1) is 0 Å². The van der Waals surface area contributed by atoms with Crippen LogP contribution in [0.5, 0.6) is 0 Å². The molecule has 1 aromatic carbocycles. The molecule has 0 atom stereocenters. The van der Waals surface area contributed by atoms with Crippen molar-refractivity contribution in [3.05, 3.63) is 35.1 Å². The van der Waals surface area contributed by atoms with Crippen LogP contribution in [-0.4, -0.2) is 41.1 Å². The minimum absolute atomic E-state index is 0.0887. The van der Waals surface area contributed by atoms with E-state index in [0.717, 1.165) is 0 Å². The van der Waals surface area contributed by atoms with E-state index < -0.39 is 29.0 Å². The van der Waals surface area contributed by atoms with Gasteiger partial charge in [-0.2, -0.15) is 5.26 Å². The maximum absolute atomic E-state index is 14.1. The minimum Gasteiger partial charge on any atom is -0.444 e. The number of rotatable bonds is 2. The third-order valence-corrected chi connectivity index (χ3v) is 4.27. The van der Waals surface area contributed by atoms with Crippen LogP contribution in [0.1, 0.15) is 49.5 Å². The van der Waals surface area contributed by atoms with E-state index in [1.807, 2.05) is 0 Å². The summed E-state index contributed by atoms with van der Waals surface area (Å²) in [5, 5.41) is 12.2. The standard InChI is InChI=1S/C19H24FN3O3/c1-13-6-5-7-14(15(13)20)16(24)22-19(12-21)8-10-23(11-9-19)17(25)26-18(2,3)4/h5-7H,8-11H2,1-4H3,(H,22,24). The number of halogens is 1. The van der Waals surface area contributed by atoms with Crippen molar-refractivity contribution in [2.24, 2.45) is 0 Å². The fraction of sp³-hybridized carbons (Fsp3) is 0.526. The number of hydrogen-bond acceptors (Lipinski definition) is 4. The Labute approximate surface area is 152 Å². The van der Waals surface area contributed by atoms with Gasteiger partial charge in [0.1, 0.15) is 17.0 Å². The van der Waals surface area contributed by atoms with E-state index in [0.29, 0.717) is 5.56 Å². The second-order valence-corrected chi connectivity index (χ2v) is 7.55. The van der Waals surface area contributed by atoms with Gasteiger partial charge in [-0.1, -0.05) is 12.1 Å². The summed E-state index contributed by atoms with van der Waals surface area (Å²) in [6, 6.07) is 6.68. The number of likely N-dealkylation sites (tertiary alicyclic amines) is 1. The van der Waals surface area contributed by atoms with Crippen molar-refractivity contribution in [2.75, 3.05) is 13.1 Å². The summed E-state index contributed by atoms with van der Waals surface area (Å²) in [6.45, 7) is 7.48. The zero-order chi connectivity index (χ0) is 19.5. The minimum atomic E-state index is -1.13. The molecule has 7 heteroatoms. The number of nitrogens with one attached hydrogen (secondary N) is 1. The molecule has 1 N–H and O–H groups in total. The average molecular weight is 361 g/mol. The van der Waals surface area contributed by atoms with Gasteiger partial charge in [-0.05, 0) is 39.3 Å². The molecule has 2 rings (SSSR count). The normalized spacial score (nSPS) is 16.5. The third kappa shape index (κ3) is 4.51. The molecule has 1 fully saturated rings. The highest BCUT2D eigenvalue weighted by atomic mass is 19.1. The van der Waals surface area contributed by atoms with E-state index in [-0.39, 0.29) is 31.5 Å². The van der Waals surface area contributed by atoms with Gasteiger partial charge in [0.05, 0.1) is 11.6 Å². The molecule has 0 saturated carbocycles. The Morgan fingerprint density at radius 2 is 1.92 bits per heavy atom. The molecule has 1 aliphatic rings. The summed E-state index contributed by atoms with van der Waals surface area (Å²) in [7, 11) is 0. The lowest BCUT2D eigenvalue weighted by molar-refractivity contribution is 0.0176. The number of nitriles is 1. The molecule has 1 heterocycles. The summed E-state index contributed by atoms with van der Waals surface area (Å²) >= 11 is 0. The lowest BCUT2D eigenvalue weighted by Gasteiger charge is -2.38. The van der Waals surface area contributed by atoms with E-state index in [1.165, 1.54) is 11.0 Å². The summed E-state index contributed by atoms with van der Waals surface area (Å²) in [4.78, 5) is 26.1. The maximum Gasteiger partial charge on any atom is 0.410 e. The van der Waals surface area contributed by atoms with Crippen molar-refractivity contribution in [3.63, 3.8) is 0 Å². The van der Waals surface area contributed by atoms with Gasteiger partial charge < -0.3 is 15.0 Å². The molecule has 0 unspecified atom stereocenters. The predicted molar refractivity (Wildman–Crippen MR) is 94.0 cm³/mol. The van der Waals surface area contributed by atoms with Crippen LogP contribution < -0.4 is 5.32 Å². The lowest BCUT2D eigenvalue weighted by Crippen LogP contribution is -2.56. The first kappa shape index (κ1) is 19.7. The summed E-state index contributed by atoms with van der Waals surface area (Å²) in [6.07, 6.45) is 0.0594. The van der Waals surface area contributed by atoms with Crippen LogP contribution in [0, 0.1) is 24.1 Å². The molecule has 1 aliphatic heterocycles. The van der Waals surface area contributed by atoms with Gasteiger partial charge in [0, 0.05) is 25.9 Å². The molecule has 0 spiro atoms. The zero-order valence-corrected chi connectivity index (χ0v) is 15.6. The molecule has 26 heavy (non-hydrogen) atoms. The van der Waals surface area contributed by atoms with Crippen LogP contribution in [0.2, 0.25) is 0 Å². The molecule has 0 aliphatic carbocycles. The summed E-state index contributed by atoms with van der Waals surface area (Å²) in [5.74, 6) is -1.22. The van der Waals surface area contributed by atoms with Crippen LogP contribution in [0.25, 0.3) is 0 Å². The Hall–Kier alpha value is -2.62. The SMILES string of the molecule is Cc1cccc(C(=O)NC2(C#N)CCN(C(=O)OC(C)(C)C)CC2)c1F. The Kier molecular flexibility index (Phi) is 5.55. The highest BCUT2D eigenvalue weighted by molar-refractivity contribution is 5.95.